The van der Waals surface area contributed by atoms with E-state index in [0.29, 0.717) is 5.92 Å². The van der Waals surface area contributed by atoms with Crippen LogP contribution in [0.2, 0.25) is 0 Å². The van der Waals surface area contributed by atoms with Crippen molar-refractivity contribution in [2.45, 2.75) is 25.3 Å². The molecule has 1 amide bonds. The number of ether oxygens (including phenoxy) is 1. The topological polar surface area (TPSA) is 50.4 Å². The van der Waals surface area contributed by atoms with Crippen molar-refractivity contribution in [3.05, 3.63) is 29.8 Å². The summed E-state index contributed by atoms with van der Waals surface area (Å²) in [6.07, 6.45) is 0.942. The summed E-state index contributed by atoms with van der Waals surface area (Å²) in [5, 5.41) is 6.18. The summed E-state index contributed by atoms with van der Waals surface area (Å²) in [5.41, 5.74) is 1.27. The van der Waals surface area contributed by atoms with Gasteiger partial charge in [0.15, 0.2) is 0 Å². The van der Waals surface area contributed by atoms with Crippen LogP contribution in [-0.4, -0.2) is 37.2 Å². The number of nitrogens with one attached hydrogen (secondary N) is 2. The number of halogens is 1. The van der Waals surface area contributed by atoms with Gasteiger partial charge < -0.3 is 10.1 Å². The first-order valence-electron chi connectivity index (χ1n) is 6.93. The lowest BCUT2D eigenvalue weighted by molar-refractivity contribution is -0.122. The van der Waals surface area contributed by atoms with E-state index in [1.165, 1.54) is 5.56 Å². The zero-order valence-corrected chi connectivity index (χ0v) is 14.1. The van der Waals surface area contributed by atoms with Crippen molar-refractivity contribution in [2.24, 2.45) is 0 Å². The molecule has 118 valence electrons. The molecule has 2 unspecified atom stereocenters. The Labute approximate surface area is 136 Å². The second-order valence-electron chi connectivity index (χ2n) is 5.03. The van der Waals surface area contributed by atoms with Crippen LogP contribution in [-0.2, 0) is 4.79 Å². The number of carbonyl (C=O) groups is 1. The monoisotopic (exact) mass is 330 g/mol. The standard InChI is InChI=1S/C15H22N2O2S.ClH/c1-11(12-3-5-13(19-2)6-4-12)7-8-16-15(18)14-9-20-10-17-14;/h3-6,11,14,17H,7-10H2,1-2H3,(H,16,18);1H. The second-order valence-corrected chi connectivity index (χ2v) is 6.06. The first-order chi connectivity index (χ1) is 9.70. The molecule has 4 nitrogen and oxygen atoms in total. The smallest absolute Gasteiger partial charge is 0.238 e. The van der Waals surface area contributed by atoms with Crippen molar-refractivity contribution in [2.75, 3.05) is 25.3 Å². The average Bonchev–Trinajstić information content (AvgIpc) is 3.01. The van der Waals surface area contributed by atoms with E-state index in [1.807, 2.05) is 12.1 Å². The molecule has 1 saturated heterocycles. The molecular weight excluding hydrogens is 308 g/mol. The normalized spacial score (nSPS) is 18.7. The summed E-state index contributed by atoms with van der Waals surface area (Å²) in [6, 6.07) is 8.10. The van der Waals surface area contributed by atoms with Crippen LogP contribution in [0.3, 0.4) is 0 Å². The highest BCUT2D eigenvalue weighted by Crippen LogP contribution is 2.21. The number of methoxy groups -OCH3 is 1. The van der Waals surface area contributed by atoms with E-state index in [2.05, 4.69) is 29.7 Å². The predicted molar refractivity (Wildman–Crippen MR) is 90.5 cm³/mol. The molecule has 1 heterocycles. The molecule has 1 aliphatic rings. The fourth-order valence-corrected chi connectivity index (χ4v) is 3.14. The number of hydrogen-bond acceptors (Lipinski definition) is 4. The van der Waals surface area contributed by atoms with E-state index >= 15 is 0 Å². The highest BCUT2D eigenvalue weighted by molar-refractivity contribution is 7.99. The number of rotatable bonds is 6. The number of carbonyl (C=O) groups excluding carboxylic acids is 1. The van der Waals surface area contributed by atoms with Crippen LogP contribution in [0.1, 0.15) is 24.8 Å². The Hall–Kier alpha value is -0.910. The first kappa shape index (κ1) is 18.1. The summed E-state index contributed by atoms with van der Waals surface area (Å²) in [5.74, 6) is 3.17. The number of thioether (sulfide) groups is 1. The quantitative estimate of drug-likeness (QED) is 0.841. The van der Waals surface area contributed by atoms with Gasteiger partial charge in [-0.3, -0.25) is 10.1 Å². The van der Waals surface area contributed by atoms with Crippen molar-refractivity contribution in [1.29, 1.82) is 0 Å². The van der Waals surface area contributed by atoms with Crippen molar-refractivity contribution < 1.29 is 9.53 Å². The second kappa shape index (κ2) is 9.18. The van der Waals surface area contributed by atoms with Crippen LogP contribution in [0.4, 0.5) is 0 Å². The Morgan fingerprint density at radius 2 is 2.19 bits per heavy atom. The van der Waals surface area contributed by atoms with Crippen molar-refractivity contribution in [3.63, 3.8) is 0 Å². The molecule has 2 atom stereocenters. The van der Waals surface area contributed by atoms with E-state index in [1.54, 1.807) is 18.9 Å². The van der Waals surface area contributed by atoms with Gasteiger partial charge in [0.2, 0.25) is 5.91 Å². The van der Waals surface area contributed by atoms with Crippen LogP contribution in [0, 0.1) is 0 Å². The Morgan fingerprint density at radius 1 is 1.48 bits per heavy atom. The summed E-state index contributed by atoms with van der Waals surface area (Å²) in [4.78, 5) is 11.8. The third-order valence-corrected chi connectivity index (χ3v) is 4.53. The van der Waals surface area contributed by atoms with Crippen molar-refractivity contribution >= 4 is 30.1 Å². The van der Waals surface area contributed by atoms with Crippen molar-refractivity contribution in [3.8, 4) is 5.75 Å². The molecule has 21 heavy (non-hydrogen) atoms. The fourth-order valence-electron chi connectivity index (χ4n) is 2.20. The van der Waals surface area contributed by atoms with Gasteiger partial charge in [-0.1, -0.05) is 19.1 Å². The van der Waals surface area contributed by atoms with E-state index in [0.717, 1.165) is 30.3 Å². The van der Waals surface area contributed by atoms with E-state index < -0.39 is 0 Å². The van der Waals surface area contributed by atoms with Gasteiger partial charge in [0.25, 0.3) is 0 Å². The minimum absolute atomic E-state index is 0. The third kappa shape index (κ3) is 5.41. The maximum Gasteiger partial charge on any atom is 0.238 e. The molecule has 6 heteroatoms. The van der Waals surface area contributed by atoms with Gasteiger partial charge in [0.1, 0.15) is 5.75 Å². The van der Waals surface area contributed by atoms with Crippen molar-refractivity contribution in [1.82, 2.24) is 10.6 Å². The molecule has 0 spiro atoms. The minimum Gasteiger partial charge on any atom is -0.497 e. The molecule has 1 aliphatic heterocycles. The van der Waals surface area contributed by atoms with E-state index in [9.17, 15) is 4.79 Å². The van der Waals surface area contributed by atoms with Gasteiger partial charge >= 0.3 is 0 Å². The maximum absolute atomic E-state index is 11.8. The zero-order valence-electron chi connectivity index (χ0n) is 12.4. The molecular formula is C15H23ClN2O2S. The SMILES string of the molecule is COc1ccc(C(C)CCNC(=O)C2CSCN2)cc1.Cl. The fraction of sp³-hybridized carbons (Fsp3) is 0.533. The lowest BCUT2D eigenvalue weighted by Gasteiger charge is -2.14. The Morgan fingerprint density at radius 3 is 2.76 bits per heavy atom. The Balaban J connectivity index is 0.00000220. The molecule has 0 radical (unpaired) electrons. The van der Waals surface area contributed by atoms with Gasteiger partial charge in [0.05, 0.1) is 13.2 Å². The van der Waals surface area contributed by atoms with E-state index in [4.69, 9.17) is 4.74 Å². The van der Waals surface area contributed by atoms with Gasteiger partial charge in [0, 0.05) is 18.2 Å². The maximum atomic E-state index is 11.8. The molecule has 2 N–H and O–H groups in total. The lowest BCUT2D eigenvalue weighted by Crippen LogP contribution is -2.42. The molecule has 0 aromatic heterocycles. The minimum atomic E-state index is -0.0173. The Bertz CT molecular complexity index is 436. The zero-order chi connectivity index (χ0) is 14.4. The highest BCUT2D eigenvalue weighted by atomic mass is 35.5. The number of hydrogen-bond donors (Lipinski definition) is 2. The molecule has 1 fully saturated rings. The van der Waals surface area contributed by atoms with Crippen LogP contribution >= 0.6 is 24.2 Å². The molecule has 2 rings (SSSR count). The lowest BCUT2D eigenvalue weighted by atomic mass is 9.98. The Kier molecular flexibility index (Phi) is 7.93. The molecule has 0 aliphatic carbocycles. The molecule has 0 bridgehead atoms. The molecule has 1 aromatic carbocycles. The first-order valence-corrected chi connectivity index (χ1v) is 8.09. The molecule has 0 saturated carbocycles. The predicted octanol–water partition coefficient (Wildman–Crippen LogP) is 2.39. The summed E-state index contributed by atoms with van der Waals surface area (Å²) >= 11 is 1.77. The van der Waals surface area contributed by atoms with Crippen LogP contribution < -0.4 is 15.4 Å². The van der Waals surface area contributed by atoms with E-state index in [-0.39, 0.29) is 24.4 Å². The van der Waals surface area contributed by atoms with Gasteiger partial charge in [-0.05, 0) is 30.0 Å². The molecule has 1 aromatic rings. The van der Waals surface area contributed by atoms with Crippen LogP contribution in [0.5, 0.6) is 5.75 Å². The summed E-state index contributed by atoms with van der Waals surface area (Å²) in [7, 11) is 1.67. The average molecular weight is 331 g/mol. The van der Waals surface area contributed by atoms with Gasteiger partial charge in [-0.25, -0.2) is 0 Å². The third-order valence-electron chi connectivity index (χ3n) is 3.59. The largest absolute Gasteiger partial charge is 0.497 e. The van der Waals surface area contributed by atoms with Crippen LogP contribution in [0.15, 0.2) is 24.3 Å². The number of amides is 1. The summed E-state index contributed by atoms with van der Waals surface area (Å²) < 4.78 is 5.15. The van der Waals surface area contributed by atoms with Gasteiger partial charge in [-0.2, -0.15) is 0 Å². The highest BCUT2D eigenvalue weighted by Gasteiger charge is 2.21. The number of benzene rings is 1. The van der Waals surface area contributed by atoms with Gasteiger partial charge in [-0.15, -0.1) is 24.2 Å². The summed E-state index contributed by atoms with van der Waals surface area (Å²) in [6.45, 7) is 2.90. The van der Waals surface area contributed by atoms with Crippen LogP contribution in [0.25, 0.3) is 0 Å².